The van der Waals surface area contributed by atoms with Gasteiger partial charge < -0.3 is 4.90 Å². The average molecular weight is 459 g/mol. The van der Waals surface area contributed by atoms with Gasteiger partial charge in [0.15, 0.2) is 0 Å². The van der Waals surface area contributed by atoms with Crippen molar-refractivity contribution in [3.63, 3.8) is 0 Å². The first-order chi connectivity index (χ1) is 16.3. The predicted molar refractivity (Wildman–Crippen MR) is 141 cm³/mol. The molecule has 4 heteroatoms. The zero-order valence-electron chi connectivity index (χ0n) is 17.6. The molecule has 2 heterocycles. The fourth-order valence-corrected chi connectivity index (χ4v) is 6.54. The van der Waals surface area contributed by atoms with Crippen molar-refractivity contribution in [2.45, 2.75) is 9.79 Å². The van der Waals surface area contributed by atoms with Crippen LogP contribution in [0.4, 0.5) is 17.1 Å². The van der Waals surface area contributed by atoms with Crippen molar-refractivity contribution in [3.8, 4) is 10.6 Å². The molecule has 0 N–H and O–H groups in total. The lowest BCUT2D eigenvalue weighted by Crippen LogP contribution is -2.14. The number of rotatable bonds is 2. The van der Waals surface area contributed by atoms with Gasteiger partial charge in [0.05, 0.1) is 21.6 Å². The molecule has 0 unspecified atom stereocenters. The highest BCUT2D eigenvalue weighted by atomic mass is 32.2. The fraction of sp³-hybridized carbons (Fsp3) is 0. The number of thiazole rings is 1. The molecule has 156 valence electrons. The van der Waals surface area contributed by atoms with E-state index in [1.165, 1.54) is 47.9 Å². The first-order valence-corrected chi connectivity index (χ1v) is 12.5. The Morgan fingerprint density at radius 1 is 0.606 bits per heavy atom. The van der Waals surface area contributed by atoms with E-state index in [1.54, 1.807) is 11.3 Å². The molecule has 0 radical (unpaired) electrons. The summed E-state index contributed by atoms with van der Waals surface area (Å²) >= 11 is 3.59. The quantitative estimate of drug-likeness (QED) is 0.257. The summed E-state index contributed by atoms with van der Waals surface area (Å²) in [6.45, 7) is 0. The van der Waals surface area contributed by atoms with E-state index in [9.17, 15) is 0 Å². The van der Waals surface area contributed by atoms with E-state index in [0.29, 0.717) is 0 Å². The number of anilines is 3. The molecule has 7 rings (SSSR count). The Kier molecular flexibility index (Phi) is 4.29. The number of hydrogen-bond donors (Lipinski definition) is 0. The van der Waals surface area contributed by atoms with Crippen LogP contribution in [0.1, 0.15) is 0 Å². The Morgan fingerprint density at radius 2 is 1.39 bits per heavy atom. The van der Waals surface area contributed by atoms with Crippen molar-refractivity contribution < 1.29 is 0 Å². The van der Waals surface area contributed by atoms with Crippen LogP contribution < -0.4 is 4.90 Å². The first kappa shape index (κ1) is 18.9. The average Bonchev–Trinajstić information content (AvgIpc) is 3.31. The van der Waals surface area contributed by atoms with Gasteiger partial charge in [-0.05, 0) is 65.4 Å². The van der Waals surface area contributed by atoms with Gasteiger partial charge in [-0.3, -0.25) is 0 Å². The van der Waals surface area contributed by atoms with Gasteiger partial charge in [0.25, 0.3) is 0 Å². The van der Waals surface area contributed by atoms with Crippen LogP contribution in [-0.4, -0.2) is 4.98 Å². The van der Waals surface area contributed by atoms with Crippen LogP contribution in [0.15, 0.2) is 119 Å². The van der Waals surface area contributed by atoms with Crippen LogP contribution in [0, 0.1) is 0 Å². The molecule has 0 bridgehead atoms. The smallest absolute Gasteiger partial charge is 0.124 e. The molecule has 1 aliphatic rings. The zero-order chi connectivity index (χ0) is 21.8. The SMILES string of the molecule is c1ccc2c(c1)Sc1cc(-c3nc4ccccc4s3)ccc1N2c1ccc2ccccc2c1. The molecular formula is C29H18N2S2. The number of para-hydroxylation sites is 2. The second-order valence-corrected chi connectivity index (χ2v) is 10.2. The summed E-state index contributed by atoms with van der Waals surface area (Å²) in [5.74, 6) is 0. The molecule has 6 aromatic rings. The molecule has 0 saturated heterocycles. The lowest BCUT2D eigenvalue weighted by atomic mass is 10.1. The van der Waals surface area contributed by atoms with Crippen LogP contribution in [0.3, 0.4) is 0 Å². The molecule has 1 aromatic heterocycles. The van der Waals surface area contributed by atoms with Gasteiger partial charge >= 0.3 is 0 Å². The number of fused-ring (bicyclic) bond motifs is 4. The third-order valence-corrected chi connectivity index (χ3v) is 8.26. The largest absolute Gasteiger partial charge is 0.308 e. The molecule has 33 heavy (non-hydrogen) atoms. The molecule has 0 fully saturated rings. The van der Waals surface area contributed by atoms with Crippen molar-refractivity contribution in [2.24, 2.45) is 0 Å². The van der Waals surface area contributed by atoms with Crippen LogP contribution in [-0.2, 0) is 0 Å². The Hall–Kier alpha value is -3.60. The third kappa shape index (κ3) is 3.14. The summed E-state index contributed by atoms with van der Waals surface area (Å²) in [5, 5.41) is 3.57. The van der Waals surface area contributed by atoms with E-state index >= 15 is 0 Å². The molecule has 2 nitrogen and oxygen atoms in total. The number of benzene rings is 5. The van der Waals surface area contributed by atoms with Gasteiger partial charge in [0, 0.05) is 21.0 Å². The molecule has 0 aliphatic carbocycles. The number of nitrogens with zero attached hydrogens (tertiary/aromatic N) is 2. The molecule has 5 aromatic carbocycles. The van der Waals surface area contributed by atoms with Crippen LogP contribution >= 0.6 is 23.1 Å². The third-order valence-electron chi connectivity index (χ3n) is 6.06. The Labute approximate surface area is 200 Å². The summed E-state index contributed by atoms with van der Waals surface area (Å²) in [5.41, 5.74) is 5.83. The van der Waals surface area contributed by atoms with Crippen molar-refractivity contribution >= 4 is 61.1 Å². The maximum atomic E-state index is 4.88. The highest BCUT2D eigenvalue weighted by Crippen LogP contribution is 2.52. The van der Waals surface area contributed by atoms with Crippen molar-refractivity contribution in [1.82, 2.24) is 4.98 Å². The molecule has 0 atom stereocenters. The lowest BCUT2D eigenvalue weighted by Gasteiger charge is -2.33. The monoisotopic (exact) mass is 458 g/mol. The minimum absolute atomic E-state index is 1.06. The Morgan fingerprint density at radius 3 is 2.33 bits per heavy atom. The van der Waals surface area contributed by atoms with E-state index in [0.717, 1.165) is 10.5 Å². The van der Waals surface area contributed by atoms with Crippen molar-refractivity contribution in [1.29, 1.82) is 0 Å². The first-order valence-electron chi connectivity index (χ1n) is 10.9. The second kappa shape index (κ2) is 7.48. The topological polar surface area (TPSA) is 16.1 Å². The van der Waals surface area contributed by atoms with E-state index in [-0.39, 0.29) is 0 Å². The van der Waals surface area contributed by atoms with Crippen molar-refractivity contribution in [3.05, 3.63) is 109 Å². The maximum absolute atomic E-state index is 4.88. The Balaban J connectivity index is 1.40. The molecule has 1 aliphatic heterocycles. The molecule has 0 saturated carbocycles. The van der Waals surface area contributed by atoms with E-state index in [4.69, 9.17) is 4.98 Å². The van der Waals surface area contributed by atoms with Gasteiger partial charge in [-0.1, -0.05) is 66.4 Å². The summed E-state index contributed by atoms with van der Waals surface area (Å²) < 4.78 is 1.22. The van der Waals surface area contributed by atoms with Gasteiger partial charge in [0.2, 0.25) is 0 Å². The van der Waals surface area contributed by atoms with Gasteiger partial charge in [-0.2, -0.15) is 0 Å². The maximum Gasteiger partial charge on any atom is 0.124 e. The Bertz CT molecular complexity index is 1630. The lowest BCUT2D eigenvalue weighted by molar-refractivity contribution is 1.17. The minimum Gasteiger partial charge on any atom is -0.308 e. The van der Waals surface area contributed by atoms with Gasteiger partial charge in [0.1, 0.15) is 5.01 Å². The molecular weight excluding hydrogens is 440 g/mol. The zero-order valence-corrected chi connectivity index (χ0v) is 19.2. The van der Waals surface area contributed by atoms with Gasteiger partial charge in [-0.15, -0.1) is 11.3 Å². The van der Waals surface area contributed by atoms with Crippen LogP contribution in [0.5, 0.6) is 0 Å². The summed E-state index contributed by atoms with van der Waals surface area (Å²) in [4.78, 5) is 9.78. The predicted octanol–water partition coefficient (Wildman–Crippen LogP) is 9.05. The minimum atomic E-state index is 1.06. The second-order valence-electron chi connectivity index (χ2n) is 8.11. The van der Waals surface area contributed by atoms with Gasteiger partial charge in [-0.25, -0.2) is 4.98 Å². The normalized spacial score (nSPS) is 12.7. The van der Waals surface area contributed by atoms with E-state index in [1.807, 2.05) is 17.8 Å². The molecule has 0 amide bonds. The standard InChI is InChI=1S/C29H18N2S2/c1-2-8-20-17-22(15-13-19(20)7-1)31-24-10-4-6-12-27(24)32-28-18-21(14-16-25(28)31)29-30-23-9-3-5-11-26(23)33-29/h1-18H. The summed E-state index contributed by atoms with van der Waals surface area (Å²) in [6.07, 6.45) is 0. The van der Waals surface area contributed by atoms with Crippen LogP contribution in [0.25, 0.3) is 31.6 Å². The molecule has 0 spiro atoms. The van der Waals surface area contributed by atoms with E-state index < -0.39 is 0 Å². The van der Waals surface area contributed by atoms with Crippen molar-refractivity contribution in [2.75, 3.05) is 4.90 Å². The highest BCUT2D eigenvalue weighted by molar-refractivity contribution is 7.99. The number of hydrogen-bond acceptors (Lipinski definition) is 4. The summed E-state index contributed by atoms with van der Waals surface area (Å²) in [6, 6.07) is 39.0. The number of aromatic nitrogens is 1. The van der Waals surface area contributed by atoms with E-state index in [2.05, 4.69) is 108 Å². The fourth-order valence-electron chi connectivity index (χ4n) is 4.48. The van der Waals surface area contributed by atoms with Crippen LogP contribution in [0.2, 0.25) is 0 Å². The summed E-state index contributed by atoms with van der Waals surface area (Å²) in [7, 11) is 0. The highest BCUT2D eigenvalue weighted by Gasteiger charge is 2.25.